The number of anilines is 1. The minimum absolute atomic E-state index is 0.0987. The number of benzene rings is 2. The van der Waals surface area contributed by atoms with Crippen LogP contribution in [0.25, 0.3) is 22.4 Å². The fourth-order valence-electron chi connectivity index (χ4n) is 3.35. The average molecular weight is 400 g/mol. The molecule has 0 aliphatic rings. The lowest BCUT2D eigenvalue weighted by Crippen LogP contribution is -2.12. The first-order valence-corrected chi connectivity index (χ1v) is 9.79. The summed E-state index contributed by atoms with van der Waals surface area (Å²) in [5.74, 6) is 0.0410. The van der Waals surface area contributed by atoms with E-state index in [1.807, 2.05) is 30.3 Å². The van der Waals surface area contributed by atoms with E-state index in [0.717, 1.165) is 29.5 Å². The lowest BCUT2D eigenvalue weighted by molar-refractivity contribution is -0.116. The Bertz CT molecular complexity index is 1110. The van der Waals surface area contributed by atoms with Crippen LogP contribution >= 0.6 is 0 Å². The molecule has 2 N–H and O–H groups in total. The molecule has 5 nitrogen and oxygen atoms in total. The lowest BCUT2D eigenvalue weighted by atomic mass is 10.0. The smallest absolute Gasteiger partial charge is 0.225 e. The Labute approximate surface area is 174 Å². The van der Waals surface area contributed by atoms with Crippen LogP contribution in [-0.4, -0.2) is 21.1 Å². The molecule has 0 fully saturated rings. The summed E-state index contributed by atoms with van der Waals surface area (Å²) in [6.45, 7) is 0. The summed E-state index contributed by atoms with van der Waals surface area (Å²) in [5, 5.41) is 10.2. The van der Waals surface area contributed by atoms with Crippen molar-refractivity contribution in [3.63, 3.8) is 0 Å². The zero-order valence-corrected chi connectivity index (χ0v) is 16.3. The minimum atomic E-state index is -0.310. The number of hydrogen-bond donors (Lipinski definition) is 2. The molecule has 2 aromatic heterocycles. The summed E-state index contributed by atoms with van der Waals surface area (Å²) in [7, 11) is 0. The largest absolute Gasteiger partial charge is 0.309 e. The summed E-state index contributed by atoms with van der Waals surface area (Å²) < 4.78 is 13.4. The first-order chi connectivity index (χ1) is 14.7. The van der Waals surface area contributed by atoms with Gasteiger partial charge in [-0.3, -0.25) is 14.9 Å². The molecule has 0 bridgehead atoms. The molecule has 0 saturated carbocycles. The van der Waals surface area contributed by atoms with Gasteiger partial charge in [0.05, 0.1) is 11.3 Å². The van der Waals surface area contributed by atoms with E-state index in [2.05, 4.69) is 32.6 Å². The summed E-state index contributed by atoms with van der Waals surface area (Å²) in [6, 6.07) is 19.9. The Morgan fingerprint density at radius 1 is 0.933 bits per heavy atom. The molecule has 2 heterocycles. The zero-order chi connectivity index (χ0) is 20.8. The van der Waals surface area contributed by atoms with Crippen LogP contribution in [0.15, 0.2) is 79.1 Å². The molecule has 1 amide bonds. The fourth-order valence-corrected chi connectivity index (χ4v) is 3.35. The van der Waals surface area contributed by atoms with E-state index in [1.54, 1.807) is 24.5 Å². The molecular weight excluding hydrogens is 379 g/mol. The average Bonchev–Trinajstić information content (AvgIpc) is 3.19. The van der Waals surface area contributed by atoms with Crippen molar-refractivity contribution in [3.05, 3.63) is 90.5 Å². The molecule has 0 saturated heterocycles. The second-order valence-corrected chi connectivity index (χ2v) is 6.95. The van der Waals surface area contributed by atoms with E-state index in [1.165, 1.54) is 17.7 Å². The molecule has 150 valence electrons. The number of rotatable bonds is 7. The number of aromatic amines is 1. The number of nitrogens with one attached hydrogen (secondary N) is 2. The third kappa shape index (κ3) is 4.60. The number of halogens is 1. The van der Waals surface area contributed by atoms with Crippen molar-refractivity contribution in [1.29, 1.82) is 0 Å². The molecule has 0 atom stereocenters. The quantitative estimate of drug-likeness (QED) is 0.446. The molecule has 6 heteroatoms. The first-order valence-electron chi connectivity index (χ1n) is 9.79. The molecule has 0 aliphatic carbocycles. The molecule has 4 rings (SSSR count). The highest BCUT2D eigenvalue weighted by atomic mass is 19.1. The molecule has 0 aliphatic heterocycles. The van der Waals surface area contributed by atoms with E-state index < -0.39 is 0 Å². The van der Waals surface area contributed by atoms with E-state index in [-0.39, 0.29) is 11.7 Å². The van der Waals surface area contributed by atoms with Gasteiger partial charge in [0.1, 0.15) is 5.82 Å². The Morgan fingerprint density at radius 3 is 2.40 bits per heavy atom. The maximum atomic E-state index is 13.4. The predicted octanol–water partition coefficient (Wildman–Crippen LogP) is 5.24. The number of aryl methyl sites for hydroxylation is 1. The number of H-pyrrole nitrogens is 1. The zero-order valence-electron chi connectivity index (χ0n) is 16.3. The highest BCUT2D eigenvalue weighted by molar-refractivity contribution is 5.97. The Hall–Kier alpha value is -3.80. The number of carbonyl (C=O) groups excluding carboxylic acids is 1. The van der Waals surface area contributed by atoms with Gasteiger partial charge in [-0.15, -0.1) is 0 Å². The van der Waals surface area contributed by atoms with Gasteiger partial charge < -0.3 is 5.32 Å². The fraction of sp³-hybridized carbons (Fsp3) is 0.125. The number of nitrogens with zero attached hydrogens (tertiary/aromatic N) is 2. The van der Waals surface area contributed by atoms with E-state index in [4.69, 9.17) is 0 Å². The van der Waals surface area contributed by atoms with Crippen molar-refractivity contribution in [2.75, 3.05) is 5.32 Å². The van der Waals surface area contributed by atoms with Crippen molar-refractivity contribution in [2.45, 2.75) is 19.3 Å². The third-order valence-electron chi connectivity index (χ3n) is 4.84. The van der Waals surface area contributed by atoms with Crippen LogP contribution in [0.1, 0.15) is 18.4 Å². The van der Waals surface area contributed by atoms with Crippen LogP contribution < -0.4 is 5.32 Å². The predicted molar refractivity (Wildman–Crippen MR) is 115 cm³/mol. The van der Waals surface area contributed by atoms with E-state index in [9.17, 15) is 9.18 Å². The van der Waals surface area contributed by atoms with Gasteiger partial charge in [0, 0.05) is 24.4 Å². The van der Waals surface area contributed by atoms with Crippen LogP contribution in [0, 0.1) is 5.82 Å². The second kappa shape index (κ2) is 9.13. The van der Waals surface area contributed by atoms with Crippen LogP contribution in [0.3, 0.4) is 0 Å². The van der Waals surface area contributed by atoms with Gasteiger partial charge in [-0.05, 0) is 60.4 Å². The Morgan fingerprint density at radius 2 is 1.67 bits per heavy atom. The second-order valence-electron chi connectivity index (χ2n) is 6.95. The third-order valence-corrected chi connectivity index (χ3v) is 4.84. The van der Waals surface area contributed by atoms with Crippen molar-refractivity contribution in [2.24, 2.45) is 0 Å². The number of carbonyl (C=O) groups is 1. The van der Waals surface area contributed by atoms with Crippen LogP contribution in [-0.2, 0) is 11.2 Å². The molecule has 0 radical (unpaired) electrons. The Kier molecular flexibility index (Phi) is 5.94. The highest BCUT2D eigenvalue weighted by Gasteiger charge is 2.18. The van der Waals surface area contributed by atoms with Gasteiger partial charge >= 0.3 is 0 Å². The number of aromatic nitrogens is 3. The molecule has 2 aromatic carbocycles. The van der Waals surface area contributed by atoms with Gasteiger partial charge in [0.2, 0.25) is 5.91 Å². The van der Waals surface area contributed by atoms with Crippen molar-refractivity contribution < 1.29 is 9.18 Å². The lowest BCUT2D eigenvalue weighted by Gasteiger charge is -2.08. The molecule has 4 aromatic rings. The number of amides is 1. The van der Waals surface area contributed by atoms with Crippen molar-refractivity contribution in [1.82, 2.24) is 15.2 Å². The van der Waals surface area contributed by atoms with E-state index >= 15 is 0 Å². The summed E-state index contributed by atoms with van der Waals surface area (Å²) in [6.07, 6.45) is 5.34. The monoisotopic (exact) mass is 400 g/mol. The van der Waals surface area contributed by atoms with Gasteiger partial charge in [0.15, 0.2) is 5.82 Å². The maximum absolute atomic E-state index is 13.4. The number of hydrogen-bond acceptors (Lipinski definition) is 3. The van der Waals surface area contributed by atoms with E-state index in [0.29, 0.717) is 17.9 Å². The van der Waals surface area contributed by atoms with Crippen molar-refractivity contribution in [3.8, 4) is 22.4 Å². The van der Waals surface area contributed by atoms with Crippen LogP contribution in [0.4, 0.5) is 10.2 Å². The van der Waals surface area contributed by atoms with Gasteiger partial charge in [-0.25, -0.2) is 4.39 Å². The van der Waals surface area contributed by atoms with Gasteiger partial charge in [0.25, 0.3) is 0 Å². The maximum Gasteiger partial charge on any atom is 0.225 e. The first kappa shape index (κ1) is 19.5. The highest BCUT2D eigenvalue weighted by Crippen LogP contribution is 2.36. The standard InChI is InChI=1S/C24H21FN4O/c25-20-11-9-19(10-12-20)23-22(18-13-15-26-16-14-18)24(29-28-23)27-21(30)8-4-7-17-5-2-1-3-6-17/h1-3,5-6,9-16H,4,7-8H2,(H2,27,28,29,30). The van der Waals surface area contributed by atoms with Gasteiger partial charge in [-0.1, -0.05) is 30.3 Å². The SMILES string of the molecule is O=C(CCCc1ccccc1)Nc1n[nH]c(-c2ccc(F)cc2)c1-c1ccncc1. The molecule has 0 unspecified atom stereocenters. The Balaban J connectivity index is 1.54. The minimum Gasteiger partial charge on any atom is -0.309 e. The van der Waals surface area contributed by atoms with Crippen LogP contribution in [0.5, 0.6) is 0 Å². The normalized spacial score (nSPS) is 10.7. The van der Waals surface area contributed by atoms with Crippen molar-refractivity contribution >= 4 is 11.7 Å². The number of pyridine rings is 1. The molecule has 0 spiro atoms. The summed E-state index contributed by atoms with van der Waals surface area (Å²) >= 11 is 0. The topological polar surface area (TPSA) is 70.7 Å². The molecule has 30 heavy (non-hydrogen) atoms. The van der Waals surface area contributed by atoms with Gasteiger partial charge in [-0.2, -0.15) is 5.10 Å². The molecular formula is C24H21FN4O. The summed E-state index contributed by atoms with van der Waals surface area (Å²) in [4.78, 5) is 16.6. The summed E-state index contributed by atoms with van der Waals surface area (Å²) in [5.41, 5.74) is 4.31. The van der Waals surface area contributed by atoms with Crippen LogP contribution in [0.2, 0.25) is 0 Å².